The number of rotatable bonds is 8. The van der Waals surface area contributed by atoms with Gasteiger partial charge < -0.3 is 9.84 Å². The summed E-state index contributed by atoms with van der Waals surface area (Å²) in [6.45, 7) is 0.113. The number of ether oxygens (including phenoxy) is 1. The number of carbonyl (C=O) groups excluding carboxylic acids is 1. The van der Waals surface area contributed by atoms with E-state index < -0.39 is 24.2 Å². The van der Waals surface area contributed by atoms with Crippen LogP contribution >= 0.6 is 0 Å². The van der Waals surface area contributed by atoms with Crippen molar-refractivity contribution in [1.82, 2.24) is 25.5 Å². The minimum atomic E-state index is -3.45. The van der Waals surface area contributed by atoms with E-state index in [9.17, 15) is 18.7 Å². The van der Waals surface area contributed by atoms with Crippen molar-refractivity contribution in [2.24, 2.45) is 0 Å². The van der Waals surface area contributed by atoms with Crippen molar-refractivity contribution in [3.8, 4) is 11.8 Å². The first kappa shape index (κ1) is 21.4. The maximum Gasteiger partial charge on any atom is 0.411 e. The number of hydrogen-bond donors (Lipinski definition) is 2. The lowest BCUT2D eigenvalue weighted by Crippen LogP contribution is -2.34. The first-order valence-electron chi connectivity index (χ1n) is 9.40. The van der Waals surface area contributed by atoms with Gasteiger partial charge in [-0.05, 0) is 16.8 Å². The van der Waals surface area contributed by atoms with E-state index >= 15 is 0 Å². The predicted octanol–water partition coefficient (Wildman–Crippen LogP) is 2.06. The second kappa shape index (κ2) is 9.93. The van der Waals surface area contributed by atoms with E-state index in [-0.39, 0.29) is 18.7 Å². The van der Waals surface area contributed by atoms with Gasteiger partial charge in [0, 0.05) is 18.4 Å². The Balaban J connectivity index is 1.52. The number of cyclic esters (lactones) is 1. The summed E-state index contributed by atoms with van der Waals surface area (Å²) in [6.07, 6.45) is 1.73. The molecule has 1 aliphatic heterocycles. The van der Waals surface area contributed by atoms with Gasteiger partial charge in [0.1, 0.15) is 18.5 Å². The highest BCUT2D eigenvalue weighted by Gasteiger charge is 2.39. The van der Waals surface area contributed by atoms with Crippen LogP contribution in [0.25, 0.3) is 0 Å². The number of aliphatic hydroxyl groups excluding tert-OH is 1. The highest BCUT2D eigenvalue weighted by atomic mass is 19.3. The number of aliphatic hydroxyl groups is 1. The fourth-order valence-electron chi connectivity index (χ4n) is 2.85. The minimum absolute atomic E-state index is 0.0130. The van der Waals surface area contributed by atoms with Crippen LogP contribution in [0.4, 0.5) is 13.6 Å². The molecule has 1 aromatic carbocycles. The molecule has 8 nitrogen and oxygen atoms in total. The molecule has 1 saturated heterocycles. The first-order valence-corrected chi connectivity index (χ1v) is 9.40. The molecule has 158 valence electrons. The van der Waals surface area contributed by atoms with Gasteiger partial charge in [0.05, 0.1) is 12.6 Å². The third-order valence-corrected chi connectivity index (χ3v) is 4.54. The van der Waals surface area contributed by atoms with Crippen LogP contribution in [0.2, 0.25) is 0 Å². The number of tetrazole rings is 1. The Kier molecular flexibility index (Phi) is 7.08. The number of aromatic nitrogens is 4. The zero-order valence-electron chi connectivity index (χ0n) is 16.0. The fraction of sp³-hybridized carbons (Fsp3) is 0.400. The van der Waals surface area contributed by atoms with Gasteiger partial charge in [-0.25, -0.2) is 9.89 Å². The molecule has 2 heterocycles. The minimum Gasteiger partial charge on any atom is -0.447 e. The summed E-state index contributed by atoms with van der Waals surface area (Å²) < 4.78 is 33.7. The Labute approximate surface area is 171 Å². The van der Waals surface area contributed by atoms with Crippen molar-refractivity contribution in [2.75, 3.05) is 13.2 Å². The van der Waals surface area contributed by atoms with E-state index in [2.05, 4.69) is 32.5 Å². The number of amides is 1. The Bertz CT molecular complexity index is 910. The lowest BCUT2D eigenvalue weighted by atomic mass is 10.0. The molecule has 10 heteroatoms. The van der Waals surface area contributed by atoms with E-state index in [0.717, 1.165) is 12.5 Å². The van der Waals surface area contributed by atoms with Crippen molar-refractivity contribution in [2.45, 2.75) is 37.3 Å². The molecule has 2 unspecified atom stereocenters. The van der Waals surface area contributed by atoms with Crippen molar-refractivity contribution >= 4 is 6.09 Å². The molecule has 30 heavy (non-hydrogen) atoms. The van der Waals surface area contributed by atoms with E-state index in [1.165, 1.54) is 35.2 Å². The van der Waals surface area contributed by atoms with Gasteiger partial charge in [-0.15, -0.1) is 11.0 Å². The topological polar surface area (TPSA) is 104 Å². The van der Waals surface area contributed by atoms with Crippen LogP contribution in [0, 0.1) is 11.8 Å². The number of aromatic amines is 1. The second-order valence-corrected chi connectivity index (χ2v) is 6.65. The average molecular weight is 417 g/mol. The van der Waals surface area contributed by atoms with Gasteiger partial charge in [-0.3, -0.25) is 4.90 Å². The molecule has 2 aromatic rings. The number of aryl methyl sites for hydroxylation is 1. The van der Waals surface area contributed by atoms with Gasteiger partial charge in [-0.1, -0.05) is 48.4 Å². The van der Waals surface area contributed by atoms with Crippen LogP contribution < -0.4 is 0 Å². The molecule has 0 bridgehead atoms. The monoisotopic (exact) mass is 417 g/mol. The lowest BCUT2D eigenvalue weighted by Gasteiger charge is -2.21. The van der Waals surface area contributed by atoms with E-state index in [0.29, 0.717) is 18.7 Å². The Morgan fingerprint density at radius 3 is 2.90 bits per heavy atom. The van der Waals surface area contributed by atoms with Crippen molar-refractivity contribution < 1.29 is 23.4 Å². The molecule has 0 saturated carbocycles. The largest absolute Gasteiger partial charge is 0.447 e. The van der Waals surface area contributed by atoms with Crippen molar-refractivity contribution in [1.29, 1.82) is 0 Å². The van der Waals surface area contributed by atoms with Crippen molar-refractivity contribution in [3.63, 3.8) is 0 Å². The maximum atomic E-state index is 14.4. The van der Waals surface area contributed by atoms with E-state index in [1.54, 1.807) is 6.07 Å². The molecule has 1 amide bonds. The predicted molar refractivity (Wildman–Crippen MR) is 102 cm³/mol. The molecule has 0 spiro atoms. The summed E-state index contributed by atoms with van der Waals surface area (Å²) in [7, 11) is 0. The summed E-state index contributed by atoms with van der Waals surface area (Å²) in [5.74, 6) is 3.05. The van der Waals surface area contributed by atoms with Gasteiger partial charge in [-0.2, -0.15) is 8.78 Å². The molecule has 1 fully saturated rings. The quantitative estimate of drug-likeness (QED) is 0.387. The number of carbonyl (C=O) groups is 1. The molecule has 2 N–H and O–H groups in total. The number of hydrogen-bond acceptors (Lipinski definition) is 6. The standard InChI is InChI=1S/C20H21F2N5O3/c21-20(22,15-8-4-3-5-9-15)17(28)12-11-16-14-30-19(29)27(16)13-7-2-1-6-10-18-23-25-26-24-18/h3-5,8-9,11-12,16-17,28H,1,6,10,13-14H2,(H,23,24,25,26)/b12-11+. The smallest absolute Gasteiger partial charge is 0.411 e. The van der Waals surface area contributed by atoms with Crippen LogP contribution in [0.5, 0.6) is 0 Å². The number of H-pyrrole nitrogens is 1. The van der Waals surface area contributed by atoms with Crippen LogP contribution in [0.1, 0.15) is 24.2 Å². The van der Waals surface area contributed by atoms with Crippen LogP contribution in [0.15, 0.2) is 42.5 Å². The summed E-state index contributed by atoms with van der Waals surface area (Å²) in [4.78, 5) is 13.2. The Morgan fingerprint density at radius 1 is 1.37 bits per heavy atom. The van der Waals surface area contributed by atoms with Gasteiger partial charge in [0.2, 0.25) is 0 Å². The molecule has 0 aliphatic carbocycles. The highest BCUT2D eigenvalue weighted by molar-refractivity contribution is 5.71. The zero-order valence-corrected chi connectivity index (χ0v) is 16.0. The second-order valence-electron chi connectivity index (χ2n) is 6.65. The SMILES string of the molecule is O=C1OCC(/C=C/C(O)C(F)(F)c2ccccc2)N1CC#CCCCc1nnn[nH]1. The highest BCUT2D eigenvalue weighted by Crippen LogP contribution is 2.32. The first-order chi connectivity index (χ1) is 14.5. The average Bonchev–Trinajstić information content (AvgIpc) is 3.39. The fourth-order valence-corrected chi connectivity index (χ4v) is 2.85. The van der Waals surface area contributed by atoms with Crippen molar-refractivity contribution in [3.05, 3.63) is 53.9 Å². The van der Waals surface area contributed by atoms with Crippen LogP contribution in [-0.2, 0) is 17.1 Å². The van der Waals surface area contributed by atoms with Crippen LogP contribution in [0.3, 0.4) is 0 Å². The zero-order chi connectivity index (χ0) is 21.4. The van der Waals surface area contributed by atoms with E-state index in [1.807, 2.05) is 0 Å². The summed E-state index contributed by atoms with van der Waals surface area (Å²) >= 11 is 0. The Hall–Kier alpha value is -3.32. The number of nitrogens with one attached hydrogen (secondary N) is 1. The Morgan fingerprint density at radius 2 is 2.17 bits per heavy atom. The van der Waals surface area contributed by atoms with E-state index in [4.69, 9.17) is 4.74 Å². The third kappa shape index (κ3) is 5.39. The number of unbranched alkanes of at least 4 members (excludes halogenated alkanes) is 1. The maximum absolute atomic E-state index is 14.4. The molecular formula is C20H21F2N5O3. The van der Waals surface area contributed by atoms with Crippen LogP contribution in [-0.4, -0.2) is 62.0 Å². The molecule has 0 radical (unpaired) electrons. The van der Waals surface area contributed by atoms with Gasteiger partial charge >= 0.3 is 12.0 Å². The summed E-state index contributed by atoms with van der Waals surface area (Å²) in [5.41, 5.74) is -0.287. The molecule has 2 atom stereocenters. The van der Waals surface area contributed by atoms with Gasteiger partial charge in [0.25, 0.3) is 0 Å². The summed E-state index contributed by atoms with van der Waals surface area (Å²) in [5, 5.41) is 23.4. The number of nitrogens with zero attached hydrogens (tertiary/aromatic N) is 4. The molecular weight excluding hydrogens is 396 g/mol. The number of halogens is 2. The summed E-state index contributed by atoms with van der Waals surface area (Å²) in [6, 6.07) is 6.50. The molecule has 1 aliphatic rings. The van der Waals surface area contributed by atoms with Gasteiger partial charge in [0.15, 0.2) is 0 Å². The molecule has 1 aromatic heterocycles. The third-order valence-electron chi connectivity index (χ3n) is 4.54. The number of benzene rings is 1. The normalized spacial score (nSPS) is 17.6. The lowest BCUT2D eigenvalue weighted by molar-refractivity contribution is -0.0929. The number of alkyl halides is 2. The molecule has 3 rings (SSSR count).